The van der Waals surface area contributed by atoms with E-state index in [-0.39, 0.29) is 11.8 Å². The Morgan fingerprint density at radius 3 is 2.54 bits per heavy atom. The zero-order valence-corrected chi connectivity index (χ0v) is 16.7. The molecule has 148 valence electrons. The van der Waals surface area contributed by atoms with Gasteiger partial charge in [0.1, 0.15) is 18.1 Å². The van der Waals surface area contributed by atoms with Gasteiger partial charge < -0.3 is 19.3 Å². The first-order valence-corrected chi connectivity index (χ1v) is 9.49. The summed E-state index contributed by atoms with van der Waals surface area (Å²) in [6, 6.07) is 12.3. The number of carbonyl (C=O) groups excluding carboxylic acids is 2. The minimum atomic E-state index is -0.176. The lowest BCUT2D eigenvalue weighted by Crippen LogP contribution is -2.33. The van der Waals surface area contributed by atoms with Gasteiger partial charge in [0.25, 0.3) is 5.91 Å². The summed E-state index contributed by atoms with van der Waals surface area (Å²) >= 11 is 6.11. The molecule has 3 rings (SSSR count). The van der Waals surface area contributed by atoms with Crippen LogP contribution in [0.5, 0.6) is 11.5 Å². The molecule has 0 N–H and O–H groups in total. The van der Waals surface area contributed by atoms with Crippen LogP contribution in [0.1, 0.15) is 23.2 Å². The maximum Gasteiger partial charge on any atom is 0.255 e. The van der Waals surface area contributed by atoms with E-state index in [1.165, 1.54) is 0 Å². The third-order valence-corrected chi connectivity index (χ3v) is 4.89. The van der Waals surface area contributed by atoms with Crippen molar-refractivity contribution in [1.82, 2.24) is 4.90 Å². The second kappa shape index (κ2) is 8.97. The smallest absolute Gasteiger partial charge is 0.255 e. The lowest BCUT2D eigenvalue weighted by Gasteiger charge is -2.23. The van der Waals surface area contributed by atoms with Crippen molar-refractivity contribution < 1.29 is 19.1 Å². The maximum absolute atomic E-state index is 12.9. The van der Waals surface area contributed by atoms with E-state index in [0.29, 0.717) is 48.1 Å². The average Bonchev–Trinajstić information content (AvgIpc) is 3.13. The molecule has 1 aliphatic rings. The second-order valence-electron chi connectivity index (χ2n) is 6.56. The van der Waals surface area contributed by atoms with E-state index in [0.717, 1.165) is 12.2 Å². The number of methoxy groups -OCH3 is 1. The Kier molecular flexibility index (Phi) is 6.41. The number of rotatable bonds is 7. The number of nitrogens with zero attached hydrogens (tertiary/aromatic N) is 2. The Balaban J connectivity index is 1.65. The minimum absolute atomic E-state index is 0.0156. The SMILES string of the molecule is COc1ccc(OCCN(C)C(=O)c2ccc(Cl)cc2N2CCCC2=O)cc1. The third kappa shape index (κ3) is 4.57. The molecule has 1 fully saturated rings. The van der Waals surface area contributed by atoms with Gasteiger partial charge in [-0.15, -0.1) is 0 Å². The predicted octanol–water partition coefficient (Wildman–Crippen LogP) is 3.63. The molecular weight excluding hydrogens is 380 g/mol. The molecule has 0 radical (unpaired) electrons. The highest BCUT2D eigenvalue weighted by Gasteiger charge is 2.27. The van der Waals surface area contributed by atoms with Crippen LogP contribution < -0.4 is 14.4 Å². The van der Waals surface area contributed by atoms with E-state index < -0.39 is 0 Å². The van der Waals surface area contributed by atoms with Crippen molar-refractivity contribution in [3.8, 4) is 11.5 Å². The fourth-order valence-electron chi connectivity index (χ4n) is 3.09. The zero-order chi connectivity index (χ0) is 20.1. The van der Waals surface area contributed by atoms with Crippen molar-refractivity contribution in [3.05, 3.63) is 53.1 Å². The molecule has 1 saturated heterocycles. The van der Waals surface area contributed by atoms with Crippen LogP contribution >= 0.6 is 11.6 Å². The van der Waals surface area contributed by atoms with Crippen molar-refractivity contribution in [1.29, 1.82) is 0 Å². The Hall–Kier alpha value is -2.73. The summed E-state index contributed by atoms with van der Waals surface area (Å²) in [5.41, 5.74) is 1.04. The molecule has 0 spiro atoms. The molecule has 0 aromatic heterocycles. The summed E-state index contributed by atoms with van der Waals surface area (Å²) in [5.74, 6) is 1.30. The summed E-state index contributed by atoms with van der Waals surface area (Å²) < 4.78 is 10.8. The van der Waals surface area contributed by atoms with Gasteiger partial charge in [-0.2, -0.15) is 0 Å². The van der Waals surface area contributed by atoms with Crippen LogP contribution in [0.4, 0.5) is 5.69 Å². The number of hydrogen-bond acceptors (Lipinski definition) is 4. The molecule has 2 amide bonds. The Morgan fingerprint density at radius 1 is 1.18 bits per heavy atom. The molecule has 6 nitrogen and oxygen atoms in total. The van der Waals surface area contributed by atoms with E-state index in [9.17, 15) is 9.59 Å². The molecular formula is C21H23ClN2O4. The average molecular weight is 403 g/mol. The summed E-state index contributed by atoms with van der Waals surface area (Å²) in [7, 11) is 3.32. The molecule has 2 aromatic carbocycles. The highest BCUT2D eigenvalue weighted by molar-refractivity contribution is 6.31. The number of likely N-dealkylation sites (N-methyl/N-ethyl adjacent to an activating group) is 1. The minimum Gasteiger partial charge on any atom is -0.497 e. The van der Waals surface area contributed by atoms with Gasteiger partial charge >= 0.3 is 0 Å². The molecule has 1 heterocycles. The summed E-state index contributed by atoms with van der Waals surface area (Å²) in [6.45, 7) is 1.35. The topological polar surface area (TPSA) is 59.1 Å². The normalized spacial score (nSPS) is 13.5. The van der Waals surface area contributed by atoms with Gasteiger partial charge in [0.05, 0.1) is 24.9 Å². The zero-order valence-electron chi connectivity index (χ0n) is 16.0. The van der Waals surface area contributed by atoms with Gasteiger partial charge in [0, 0.05) is 25.0 Å². The van der Waals surface area contributed by atoms with E-state index >= 15 is 0 Å². The highest BCUT2D eigenvalue weighted by Crippen LogP contribution is 2.29. The first-order chi connectivity index (χ1) is 13.5. The molecule has 28 heavy (non-hydrogen) atoms. The number of ether oxygens (including phenoxy) is 2. The number of amides is 2. The number of hydrogen-bond donors (Lipinski definition) is 0. The van der Waals surface area contributed by atoms with Crippen molar-refractivity contribution in [2.75, 3.05) is 38.8 Å². The standard InChI is InChI=1S/C21H23ClN2O4/c1-23(12-13-28-17-8-6-16(27-2)7-9-17)21(26)18-10-5-15(22)14-19(18)24-11-3-4-20(24)25/h5-10,14H,3-4,11-13H2,1-2H3. The third-order valence-electron chi connectivity index (χ3n) is 4.66. The van der Waals surface area contributed by atoms with Crippen molar-refractivity contribution in [3.63, 3.8) is 0 Å². The van der Waals surface area contributed by atoms with Gasteiger partial charge in [-0.25, -0.2) is 0 Å². The van der Waals surface area contributed by atoms with Gasteiger partial charge in [-0.1, -0.05) is 11.6 Å². The van der Waals surface area contributed by atoms with Gasteiger partial charge in [0.2, 0.25) is 5.91 Å². The van der Waals surface area contributed by atoms with Crippen LogP contribution in [0, 0.1) is 0 Å². The Bertz CT molecular complexity index is 854. The largest absolute Gasteiger partial charge is 0.497 e. The Morgan fingerprint density at radius 2 is 1.89 bits per heavy atom. The van der Waals surface area contributed by atoms with Crippen molar-refractivity contribution in [2.24, 2.45) is 0 Å². The van der Waals surface area contributed by atoms with Crippen LogP contribution in [-0.4, -0.2) is 50.6 Å². The lowest BCUT2D eigenvalue weighted by atomic mass is 10.1. The fraction of sp³-hybridized carbons (Fsp3) is 0.333. The number of halogens is 1. The molecule has 7 heteroatoms. The fourth-order valence-corrected chi connectivity index (χ4v) is 3.26. The molecule has 0 atom stereocenters. The van der Waals surface area contributed by atoms with E-state index in [2.05, 4.69) is 0 Å². The number of benzene rings is 2. The van der Waals surface area contributed by atoms with Crippen LogP contribution in [0.15, 0.2) is 42.5 Å². The first kappa shape index (κ1) is 20.0. The number of anilines is 1. The van der Waals surface area contributed by atoms with Crippen molar-refractivity contribution >= 4 is 29.1 Å². The van der Waals surface area contributed by atoms with Crippen LogP contribution in [0.3, 0.4) is 0 Å². The molecule has 2 aromatic rings. The molecule has 0 saturated carbocycles. The lowest BCUT2D eigenvalue weighted by molar-refractivity contribution is -0.117. The number of carbonyl (C=O) groups is 2. The highest BCUT2D eigenvalue weighted by atomic mass is 35.5. The van der Waals surface area contributed by atoms with E-state index in [1.54, 1.807) is 42.2 Å². The summed E-state index contributed by atoms with van der Waals surface area (Å²) in [5, 5.41) is 0.497. The van der Waals surface area contributed by atoms with E-state index in [4.69, 9.17) is 21.1 Å². The second-order valence-corrected chi connectivity index (χ2v) is 7.00. The summed E-state index contributed by atoms with van der Waals surface area (Å²) in [4.78, 5) is 28.3. The van der Waals surface area contributed by atoms with Crippen LogP contribution in [-0.2, 0) is 4.79 Å². The first-order valence-electron chi connectivity index (χ1n) is 9.12. The predicted molar refractivity (Wildman–Crippen MR) is 108 cm³/mol. The van der Waals surface area contributed by atoms with Gasteiger partial charge in [0.15, 0.2) is 0 Å². The maximum atomic E-state index is 12.9. The monoisotopic (exact) mass is 402 g/mol. The van der Waals surface area contributed by atoms with Gasteiger partial charge in [-0.3, -0.25) is 9.59 Å². The van der Waals surface area contributed by atoms with E-state index in [1.807, 2.05) is 24.3 Å². The van der Waals surface area contributed by atoms with Gasteiger partial charge in [-0.05, 0) is 48.9 Å². The summed E-state index contributed by atoms with van der Waals surface area (Å²) in [6.07, 6.45) is 1.27. The molecule has 0 bridgehead atoms. The molecule has 0 unspecified atom stereocenters. The molecule has 0 aliphatic carbocycles. The van der Waals surface area contributed by atoms with Crippen LogP contribution in [0.2, 0.25) is 5.02 Å². The quantitative estimate of drug-likeness (QED) is 0.709. The van der Waals surface area contributed by atoms with Crippen LogP contribution in [0.25, 0.3) is 0 Å². The Labute approximate surface area is 169 Å². The molecule has 1 aliphatic heterocycles. The van der Waals surface area contributed by atoms with Crippen molar-refractivity contribution in [2.45, 2.75) is 12.8 Å².